The fourth-order valence-electron chi connectivity index (χ4n) is 1.80. The molecule has 0 saturated heterocycles. The molecule has 0 amide bonds. The molecular formula is C13H15F3N2O. The standard InChI is InChI=1S/C13H15F3N2O/c1-2-7-17-11(13(14,15)16)8-12-18-9-5-3-4-6-10(9)19-12/h3-6,11,17H,2,7-8H2,1H3. The van der Waals surface area contributed by atoms with E-state index >= 15 is 0 Å². The fraction of sp³-hybridized carbons (Fsp3) is 0.462. The minimum Gasteiger partial charge on any atom is -0.441 e. The van der Waals surface area contributed by atoms with Gasteiger partial charge in [0.1, 0.15) is 11.6 Å². The van der Waals surface area contributed by atoms with Crippen LogP contribution in [0.1, 0.15) is 19.2 Å². The Kier molecular flexibility index (Phi) is 4.09. The Morgan fingerprint density at radius 2 is 2.05 bits per heavy atom. The number of halogens is 3. The zero-order valence-electron chi connectivity index (χ0n) is 10.5. The highest BCUT2D eigenvalue weighted by Crippen LogP contribution is 2.24. The van der Waals surface area contributed by atoms with Crippen LogP contribution in [-0.2, 0) is 6.42 Å². The van der Waals surface area contributed by atoms with Crippen LogP contribution in [0.5, 0.6) is 0 Å². The van der Waals surface area contributed by atoms with Crippen LogP contribution in [0, 0.1) is 0 Å². The van der Waals surface area contributed by atoms with E-state index in [4.69, 9.17) is 4.42 Å². The molecular weight excluding hydrogens is 257 g/mol. The Bertz CT molecular complexity index is 503. The maximum absolute atomic E-state index is 12.9. The summed E-state index contributed by atoms with van der Waals surface area (Å²) >= 11 is 0. The number of oxazole rings is 1. The molecule has 6 heteroatoms. The van der Waals surface area contributed by atoms with E-state index in [9.17, 15) is 13.2 Å². The summed E-state index contributed by atoms with van der Waals surface area (Å²) in [6.07, 6.45) is -3.96. The zero-order chi connectivity index (χ0) is 13.9. The summed E-state index contributed by atoms with van der Waals surface area (Å²) in [6.45, 7) is 2.13. The van der Waals surface area contributed by atoms with Crippen molar-refractivity contribution >= 4 is 11.1 Å². The van der Waals surface area contributed by atoms with E-state index in [0.717, 1.165) is 0 Å². The molecule has 2 rings (SSSR count). The molecule has 0 aliphatic carbocycles. The second kappa shape index (κ2) is 5.61. The molecule has 1 N–H and O–H groups in total. The van der Waals surface area contributed by atoms with Gasteiger partial charge in [0.15, 0.2) is 11.5 Å². The highest BCUT2D eigenvalue weighted by atomic mass is 19.4. The average molecular weight is 272 g/mol. The second-order valence-corrected chi connectivity index (χ2v) is 4.33. The van der Waals surface area contributed by atoms with Gasteiger partial charge in [-0.2, -0.15) is 13.2 Å². The molecule has 0 saturated carbocycles. The maximum Gasteiger partial charge on any atom is 0.404 e. The van der Waals surface area contributed by atoms with E-state index in [1.807, 2.05) is 6.92 Å². The number of fused-ring (bicyclic) bond motifs is 1. The van der Waals surface area contributed by atoms with Crippen LogP contribution < -0.4 is 5.32 Å². The fourth-order valence-corrected chi connectivity index (χ4v) is 1.80. The van der Waals surface area contributed by atoms with Crippen molar-refractivity contribution in [3.05, 3.63) is 30.2 Å². The van der Waals surface area contributed by atoms with Gasteiger partial charge in [-0.15, -0.1) is 0 Å². The molecule has 2 aromatic rings. The quantitative estimate of drug-likeness (QED) is 0.907. The molecule has 1 unspecified atom stereocenters. The average Bonchev–Trinajstić information content (AvgIpc) is 2.75. The Morgan fingerprint density at radius 3 is 2.68 bits per heavy atom. The smallest absolute Gasteiger partial charge is 0.404 e. The monoisotopic (exact) mass is 272 g/mol. The largest absolute Gasteiger partial charge is 0.441 e. The number of nitrogens with zero attached hydrogens (tertiary/aromatic N) is 1. The van der Waals surface area contributed by atoms with Crippen molar-refractivity contribution < 1.29 is 17.6 Å². The Balaban J connectivity index is 2.15. The number of benzene rings is 1. The molecule has 0 spiro atoms. The number of nitrogens with one attached hydrogen (secondary N) is 1. The third kappa shape index (κ3) is 3.47. The number of hydrogen-bond donors (Lipinski definition) is 1. The molecule has 1 heterocycles. The van der Waals surface area contributed by atoms with Gasteiger partial charge in [-0.25, -0.2) is 4.98 Å². The Labute approximate surface area is 108 Å². The Morgan fingerprint density at radius 1 is 1.32 bits per heavy atom. The first-order valence-electron chi connectivity index (χ1n) is 6.15. The predicted octanol–water partition coefficient (Wildman–Crippen LogP) is 3.30. The first kappa shape index (κ1) is 13.9. The molecule has 19 heavy (non-hydrogen) atoms. The van der Waals surface area contributed by atoms with Gasteiger partial charge in [0.2, 0.25) is 0 Å². The minimum atomic E-state index is -4.31. The van der Waals surface area contributed by atoms with Gasteiger partial charge in [-0.1, -0.05) is 19.1 Å². The van der Waals surface area contributed by atoms with Crippen LogP contribution in [0.4, 0.5) is 13.2 Å². The van der Waals surface area contributed by atoms with Crippen molar-refractivity contribution in [3.8, 4) is 0 Å². The summed E-state index contributed by atoms with van der Waals surface area (Å²) in [5.74, 6) is 0.104. The van der Waals surface area contributed by atoms with Gasteiger partial charge in [-0.3, -0.25) is 0 Å². The number of rotatable bonds is 5. The van der Waals surface area contributed by atoms with Crippen LogP contribution in [0.2, 0.25) is 0 Å². The molecule has 1 aromatic heterocycles. The van der Waals surface area contributed by atoms with Gasteiger partial charge in [-0.05, 0) is 25.1 Å². The molecule has 1 atom stereocenters. The first-order chi connectivity index (χ1) is 9.00. The summed E-state index contributed by atoms with van der Waals surface area (Å²) in [6, 6.07) is 5.30. The summed E-state index contributed by atoms with van der Waals surface area (Å²) in [5.41, 5.74) is 1.09. The van der Waals surface area contributed by atoms with E-state index in [1.165, 1.54) is 0 Å². The summed E-state index contributed by atoms with van der Waals surface area (Å²) in [4.78, 5) is 4.07. The van der Waals surface area contributed by atoms with Crippen LogP contribution in [-0.4, -0.2) is 23.7 Å². The molecule has 0 aliphatic rings. The molecule has 1 aromatic carbocycles. The van der Waals surface area contributed by atoms with E-state index in [1.54, 1.807) is 24.3 Å². The highest BCUT2D eigenvalue weighted by Gasteiger charge is 2.40. The van der Waals surface area contributed by atoms with Crippen LogP contribution >= 0.6 is 0 Å². The maximum atomic E-state index is 12.9. The third-order valence-electron chi connectivity index (χ3n) is 2.75. The molecule has 0 bridgehead atoms. The second-order valence-electron chi connectivity index (χ2n) is 4.33. The lowest BCUT2D eigenvalue weighted by atomic mass is 10.2. The molecule has 0 aliphatic heterocycles. The number of hydrogen-bond acceptors (Lipinski definition) is 3. The SMILES string of the molecule is CCCNC(Cc1nc2ccccc2o1)C(F)(F)F. The van der Waals surface area contributed by atoms with E-state index in [-0.39, 0.29) is 12.3 Å². The molecule has 3 nitrogen and oxygen atoms in total. The topological polar surface area (TPSA) is 38.1 Å². The van der Waals surface area contributed by atoms with E-state index < -0.39 is 12.2 Å². The van der Waals surface area contributed by atoms with Crippen molar-refractivity contribution in [1.29, 1.82) is 0 Å². The van der Waals surface area contributed by atoms with Gasteiger partial charge in [0.25, 0.3) is 0 Å². The van der Waals surface area contributed by atoms with Gasteiger partial charge in [0, 0.05) is 6.42 Å². The lowest BCUT2D eigenvalue weighted by Gasteiger charge is -2.19. The van der Waals surface area contributed by atoms with Crippen molar-refractivity contribution in [3.63, 3.8) is 0 Å². The lowest BCUT2D eigenvalue weighted by molar-refractivity contribution is -0.156. The first-order valence-corrected chi connectivity index (χ1v) is 6.15. The lowest BCUT2D eigenvalue weighted by Crippen LogP contribution is -2.44. The van der Waals surface area contributed by atoms with Gasteiger partial charge >= 0.3 is 6.18 Å². The third-order valence-corrected chi connectivity index (χ3v) is 2.75. The van der Waals surface area contributed by atoms with Crippen molar-refractivity contribution in [2.24, 2.45) is 0 Å². The van der Waals surface area contributed by atoms with E-state index in [0.29, 0.717) is 24.1 Å². The van der Waals surface area contributed by atoms with E-state index in [2.05, 4.69) is 10.3 Å². The summed E-state index contributed by atoms with van der Waals surface area (Å²) in [5, 5.41) is 2.48. The highest BCUT2D eigenvalue weighted by molar-refractivity contribution is 5.72. The summed E-state index contributed by atoms with van der Waals surface area (Å²) < 4.78 is 43.9. The number of alkyl halides is 3. The molecule has 0 radical (unpaired) electrons. The molecule has 0 fully saturated rings. The number of para-hydroxylation sites is 2. The van der Waals surface area contributed by atoms with Gasteiger partial charge < -0.3 is 9.73 Å². The summed E-state index contributed by atoms with van der Waals surface area (Å²) in [7, 11) is 0. The normalized spacial score (nSPS) is 13.9. The van der Waals surface area contributed by atoms with Crippen molar-refractivity contribution in [1.82, 2.24) is 10.3 Å². The van der Waals surface area contributed by atoms with Gasteiger partial charge in [0.05, 0.1) is 0 Å². The van der Waals surface area contributed by atoms with Crippen molar-refractivity contribution in [2.45, 2.75) is 32.0 Å². The van der Waals surface area contributed by atoms with Crippen molar-refractivity contribution in [2.75, 3.05) is 6.54 Å². The minimum absolute atomic E-state index is 0.104. The van der Waals surface area contributed by atoms with Crippen LogP contribution in [0.3, 0.4) is 0 Å². The van der Waals surface area contributed by atoms with Crippen LogP contribution in [0.25, 0.3) is 11.1 Å². The predicted molar refractivity (Wildman–Crippen MR) is 65.8 cm³/mol. The zero-order valence-corrected chi connectivity index (χ0v) is 10.5. The van der Waals surface area contributed by atoms with Crippen LogP contribution in [0.15, 0.2) is 28.7 Å². The number of aromatic nitrogens is 1. The Hall–Kier alpha value is -1.56. The molecule has 104 valence electrons.